The fraction of sp³-hybridized carbons (Fsp3) is 0.692. The molecule has 98 valence electrons. The number of amides is 1. The molecule has 4 heteroatoms. The molecule has 4 nitrogen and oxygen atoms in total. The number of Topliss-reactive ketones (excluding diaryl/α,β-unsaturated/α-hetero) is 1. The lowest BCUT2D eigenvalue weighted by Gasteiger charge is -2.28. The Morgan fingerprint density at radius 2 is 2.00 bits per heavy atom. The molecule has 0 fully saturated rings. The molecular weight excluding hydrogens is 218 g/mol. The number of nitrogens with one attached hydrogen (secondary N) is 1. The third-order valence-electron chi connectivity index (χ3n) is 2.32. The van der Waals surface area contributed by atoms with Gasteiger partial charge in [0, 0.05) is 0 Å². The van der Waals surface area contributed by atoms with Gasteiger partial charge >= 0.3 is 6.09 Å². The second-order valence-corrected chi connectivity index (χ2v) is 5.12. The first-order valence-corrected chi connectivity index (χ1v) is 5.83. The Bertz CT molecular complexity index is 279. The van der Waals surface area contributed by atoms with Gasteiger partial charge in [-0.3, -0.25) is 4.79 Å². The van der Waals surface area contributed by atoms with Crippen LogP contribution in [0.2, 0.25) is 0 Å². The fourth-order valence-electron chi connectivity index (χ4n) is 1.48. The van der Waals surface area contributed by atoms with Crippen molar-refractivity contribution in [3.05, 3.63) is 12.7 Å². The maximum atomic E-state index is 11.5. The second kappa shape index (κ2) is 7.09. The number of alkyl carbamates (subject to hydrolysis) is 1. The average Bonchev–Trinajstić information content (AvgIpc) is 2.19. The van der Waals surface area contributed by atoms with Gasteiger partial charge in [0.15, 0.2) is 5.78 Å². The molecular formula is C13H23NO3. The van der Waals surface area contributed by atoms with Crippen LogP contribution in [0.4, 0.5) is 4.79 Å². The number of carbonyl (C=O) groups is 2. The Kier molecular flexibility index (Phi) is 6.54. The summed E-state index contributed by atoms with van der Waals surface area (Å²) in [6.07, 6.45) is 2.79. The summed E-state index contributed by atoms with van der Waals surface area (Å²) in [7, 11) is 0. The van der Waals surface area contributed by atoms with E-state index in [0.29, 0.717) is 6.61 Å². The Morgan fingerprint density at radius 1 is 1.41 bits per heavy atom. The van der Waals surface area contributed by atoms with Gasteiger partial charge in [-0.05, 0) is 25.2 Å². The van der Waals surface area contributed by atoms with Crippen LogP contribution in [0, 0.1) is 5.41 Å². The van der Waals surface area contributed by atoms with E-state index in [0.717, 1.165) is 12.8 Å². The zero-order valence-electron chi connectivity index (χ0n) is 11.2. The SMILES string of the molecule is C=CCCCOC(=O)NC(C(C)=O)C(C)(C)C. The van der Waals surface area contributed by atoms with E-state index in [2.05, 4.69) is 11.9 Å². The van der Waals surface area contributed by atoms with E-state index in [-0.39, 0.29) is 11.2 Å². The fourth-order valence-corrected chi connectivity index (χ4v) is 1.48. The van der Waals surface area contributed by atoms with Gasteiger partial charge in [0.25, 0.3) is 0 Å². The van der Waals surface area contributed by atoms with Crippen molar-refractivity contribution < 1.29 is 14.3 Å². The monoisotopic (exact) mass is 241 g/mol. The highest BCUT2D eigenvalue weighted by atomic mass is 16.5. The number of unbranched alkanes of at least 4 members (excludes halogenated alkanes) is 1. The van der Waals surface area contributed by atoms with Crippen molar-refractivity contribution in [2.45, 2.75) is 46.6 Å². The van der Waals surface area contributed by atoms with Crippen LogP contribution in [-0.2, 0) is 9.53 Å². The van der Waals surface area contributed by atoms with Gasteiger partial charge in [-0.1, -0.05) is 26.8 Å². The first-order chi connectivity index (χ1) is 7.79. The molecule has 0 spiro atoms. The molecule has 0 aliphatic heterocycles. The molecule has 0 aromatic carbocycles. The summed E-state index contributed by atoms with van der Waals surface area (Å²) < 4.78 is 4.97. The molecule has 0 bridgehead atoms. The van der Waals surface area contributed by atoms with Crippen LogP contribution in [0.5, 0.6) is 0 Å². The first kappa shape index (κ1) is 15.7. The number of ketones is 1. The Labute approximate surface area is 103 Å². The molecule has 1 atom stereocenters. The number of carbonyl (C=O) groups excluding carboxylic acids is 2. The largest absolute Gasteiger partial charge is 0.450 e. The zero-order valence-corrected chi connectivity index (χ0v) is 11.2. The van der Waals surface area contributed by atoms with E-state index in [4.69, 9.17) is 4.74 Å². The summed E-state index contributed by atoms with van der Waals surface area (Å²) in [6.45, 7) is 11.1. The van der Waals surface area contributed by atoms with Crippen molar-refractivity contribution >= 4 is 11.9 Å². The zero-order chi connectivity index (χ0) is 13.5. The van der Waals surface area contributed by atoms with Crippen LogP contribution in [-0.4, -0.2) is 24.5 Å². The summed E-state index contributed by atoms with van der Waals surface area (Å²) in [5, 5.41) is 2.60. The Balaban J connectivity index is 4.15. The van der Waals surface area contributed by atoms with Gasteiger partial charge in [0.1, 0.15) is 0 Å². The number of hydrogen-bond acceptors (Lipinski definition) is 3. The van der Waals surface area contributed by atoms with E-state index in [1.54, 1.807) is 6.08 Å². The van der Waals surface area contributed by atoms with E-state index in [9.17, 15) is 9.59 Å². The third kappa shape index (κ3) is 6.76. The highest BCUT2D eigenvalue weighted by Crippen LogP contribution is 2.19. The van der Waals surface area contributed by atoms with Gasteiger partial charge in [-0.25, -0.2) is 4.79 Å². The highest BCUT2D eigenvalue weighted by Gasteiger charge is 2.30. The second-order valence-electron chi connectivity index (χ2n) is 5.12. The topological polar surface area (TPSA) is 55.4 Å². The van der Waals surface area contributed by atoms with Gasteiger partial charge in [-0.15, -0.1) is 6.58 Å². The molecule has 0 aliphatic rings. The third-order valence-corrected chi connectivity index (χ3v) is 2.32. The number of allylic oxidation sites excluding steroid dienone is 1. The Morgan fingerprint density at radius 3 is 2.41 bits per heavy atom. The maximum Gasteiger partial charge on any atom is 0.407 e. The molecule has 0 heterocycles. The lowest BCUT2D eigenvalue weighted by atomic mass is 9.85. The minimum atomic E-state index is -0.538. The molecule has 17 heavy (non-hydrogen) atoms. The van der Waals surface area contributed by atoms with Crippen LogP contribution in [0.15, 0.2) is 12.7 Å². The Hall–Kier alpha value is -1.32. The average molecular weight is 241 g/mol. The smallest absolute Gasteiger partial charge is 0.407 e. The summed E-state index contributed by atoms with van der Waals surface area (Å²) in [5.74, 6) is -0.0689. The van der Waals surface area contributed by atoms with Crippen molar-refractivity contribution in [3.63, 3.8) is 0 Å². The molecule has 1 N–H and O–H groups in total. The molecule has 0 saturated carbocycles. The normalized spacial score (nSPS) is 12.7. The van der Waals surface area contributed by atoms with Gasteiger partial charge in [0.05, 0.1) is 12.6 Å². The van der Waals surface area contributed by atoms with Crippen LogP contribution >= 0.6 is 0 Å². The molecule has 0 aliphatic carbocycles. The van der Waals surface area contributed by atoms with Crippen molar-refractivity contribution in [1.82, 2.24) is 5.32 Å². The molecule has 0 aromatic heterocycles. The van der Waals surface area contributed by atoms with Crippen molar-refractivity contribution in [3.8, 4) is 0 Å². The predicted octanol–water partition coefficient (Wildman–Crippen LogP) is 2.68. The van der Waals surface area contributed by atoms with Crippen LogP contribution in [0.25, 0.3) is 0 Å². The number of hydrogen-bond donors (Lipinski definition) is 1. The van der Waals surface area contributed by atoms with E-state index < -0.39 is 12.1 Å². The predicted molar refractivity (Wildman–Crippen MR) is 67.8 cm³/mol. The minimum absolute atomic E-state index is 0.0689. The number of ether oxygens (including phenoxy) is 1. The van der Waals surface area contributed by atoms with E-state index >= 15 is 0 Å². The molecule has 0 saturated heterocycles. The van der Waals surface area contributed by atoms with E-state index in [1.165, 1.54) is 6.92 Å². The molecule has 0 rings (SSSR count). The molecule has 0 radical (unpaired) electrons. The van der Waals surface area contributed by atoms with Crippen LogP contribution in [0.1, 0.15) is 40.5 Å². The van der Waals surface area contributed by atoms with E-state index in [1.807, 2.05) is 20.8 Å². The lowest BCUT2D eigenvalue weighted by molar-refractivity contribution is -0.121. The highest BCUT2D eigenvalue weighted by molar-refractivity contribution is 5.86. The van der Waals surface area contributed by atoms with Crippen molar-refractivity contribution in [1.29, 1.82) is 0 Å². The lowest BCUT2D eigenvalue weighted by Crippen LogP contribution is -2.48. The first-order valence-electron chi connectivity index (χ1n) is 5.83. The number of rotatable bonds is 6. The van der Waals surface area contributed by atoms with Gasteiger partial charge in [-0.2, -0.15) is 0 Å². The quantitative estimate of drug-likeness (QED) is 0.574. The summed E-state index contributed by atoms with van der Waals surface area (Å²) >= 11 is 0. The van der Waals surface area contributed by atoms with Gasteiger partial charge in [0.2, 0.25) is 0 Å². The summed E-state index contributed by atoms with van der Waals surface area (Å²) in [5.41, 5.74) is -0.314. The van der Waals surface area contributed by atoms with Crippen LogP contribution in [0.3, 0.4) is 0 Å². The minimum Gasteiger partial charge on any atom is -0.450 e. The van der Waals surface area contributed by atoms with Gasteiger partial charge < -0.3 is 10.1 Å². The summed E-state index contributed by atoms with van der Waals surface area (Å²) in [4.78, 5) is 22.9. The summed E-state index contributed by atoms with van der Waals surface area (Å²) in [6, 6.07) is -0.519. The van der Waals surface area contributed by atoms with Crippen molar-refractivity contribution in [2.24, 2.45) is 5.41 Å². The maximum absolute atomic E-state index is 11.5. The molecule has 1 unspecified atom stereocenters. The molecule has 1 amide bonds. The van der Waals surface area contributed by atoms with Crippen molar-refractivity contribution in [2.75, 3.05) is 6.61 Å². The standard InChI is InChI=1S/C13H23NO3/c1-6-7-8-9-17-12(16)14-11(10(2)15)13(3,4)5/h6,11H,1,7-9H2,2-5H3,(H,14,16). The van der Waals surface area contributed by atoms with Crippen LogP contribution < -0.4 is 5.32 Å². The molecule has 0 aromatic rings.